The Morgan fingerprint density at radius 2 is 1.42 bits per heavy atom. The Morgan fingerprint density at radius 3 is 1.58 bits per heavy atom. The molecule has 1 fully saturated rings. The molecule has 0 heterocycles. The highest BCUT2D eigenvalue weighted by atomic mass is 14.5. The van der Waals surface area contributed by atoms with E-state index < -0.39 is 0 Å². The number of hydrogen-bond donors (Lipinski definition) is 1. The van der Waals surface area contributed by atoms with Crippen molar-refractivity contribution in [3.63, 3.8) is 0 Å². The minimum atomic E-state index is 0.667. The van der Waals surface area contributed by atoms with Gasteiger partial charge in [0.25, 0.3) is 0 Å². The first-order chi connectivity index (χ1) is 5.54. The van der Waals surface area contributed by atoms with Crippen LogP contribution in [0.15, 0.2) is 12.3 Å². The molecule has 1 nitrogen and oxygen atoms in total. The van der Waals surface area contributed by atoms with E-state index in [1.54, 1.807) is 6.92 Å². The van der Waals surface area contributed by atoms with Crippen LogP contribution in [0, 0.1) is 11.8 Å². The lowest BCUT2D eigenvalue weighted by atomic mass is 9.82. The van der Waals surface area contributed by atoms with Gasteiger partial charge in [-0.05, 0) is 24.5 Å². The van der Waals surface area contributed by atoms with E-state index in [1.807, 2.05) is 0 Å². The zero-order chi connectivity index (χ0) is 9.56. The van der Waals surface area contributed by atoms with Crippen LogP contribution in [0.1, 0.15) is 46.5 Å². The van der Waals surface area contributed by atoms with Crippen LogP contribution in [-0.4, -0.2) is 0 Å². The summed E-state index contributed by atoms with van der Waals surface area (Å²) in [6.45, 7) is 9.84. The van der Waals surface area contributed by atoms with Crippen molar-refractivity contribution in [2.45, 2.75) is 46.5 Å². The summed E-state index contributed by atoms with van der Waals surface area (Å²) >= 11 is 0. The van der Waals surface area contributed by atoms with E-state index in [2.05, 4.69) is 20.4 Å². The van der Waals surface area contributed by atoms with Gasteiger partial charge in [-0.15, -0.1) is 0 Å². The van der Waals surface area contributed by atoms with Crippen molar-refractivity contribution < 1.29 is 0 Å². The number of allylic oxidation sites excluding steroid dienone is 1. The molecule has 2 atom stereocenters. The first kappa shape index (κ1) is 11.5. The van der Waals surface area contributed by atoms with Crippen LogP contribution in [-0.2, 0) is 0 Å². The summed E-state index contributed by atoms with van der Waals surface area (Å²) in [4.78, 5) is 0. The van der Waals surface area contributed by atoms with E-state index in [0.29, 0.717) is 5.70 Å². The summed E-state index contributed by atoms with van der Waals surface area (Å²) in [5.41, 5.74) is 5.58. The van der Waals surface area contributed by atoms with Gasteiger partial charge in [-0.1, -0.05) is 46.1 Å². The first-order valence-corrected chi connectivity index (χ1v) is 4.95. The second-order valence-electron chi connectivity index (χ2n) is 4.09. The molecular weight excluding hydrogens is 146 g/mol. The molecule has 1 aliphatic carbocycles. The molecule has 0 aromatic heterocycles. The number of nitrogens with two attached hydrogens (primary N) is 1. The second kappa shape index (κ2) is 6.10. The maximum absolute atomic E-state index is 4.92. The minimum Gasteiger partial charge on any atom is -0.403 e. The van der Waals surface area contributed by atoms with E-state index in [0.717, 1.165) is 11.8 Å². The van der Waals surface area contributed by atoms with Crippen LogP contribution in [0.25, 0.3) is 0 Å². The van der Waals surface area contributed by atoms with Crippen LogP contribution in [0.5, 0.6) is 0 Å². The van der Waals surface area contributed by atoms with Gasteiger partial charge in [-0.3, -0.25) is 0 Å². The quantitative estimate of drug-likeness (QED) is 0.591. The molecule has 1 aliphatic rings. The maximum atomic E-state index is 4.92. The molecule has 0 saturated heterocycles. The van der Waals surface area contributed by atoms with E-state index in [1.165, 1.54) is 25.7 Å². The van der Waals surface area contributed by atoms with Gasteiger partial charge in [-0.2, -0.15) is 0 Å². The van der Waals surface area contributed by atoms with Crippen LogP contribution < -0.4 is 5.73 Å². The van der Waals surface area contributed by atoms with Gasteiger partial charge < -0.3 is 5.73 Å². The largest absolute Gasteiger partial charge is 0.403 e. The topological polar surface area (TPSA) is 26.0 Å². The van der Waals surface area contributed by atoms with Crippen LogP contribution in [0.3, 0.4) is 0 Å². The predicted octanol–water partition coefficient (Wildman–Crippen LogP) is 3.31. The summed E-state index contributed by atoms with van der Waals surface area (Å²) < 4.78 is 0. The molecule has 0 aromatic rings. The molecule has 1 heteroatoms. The third-order valence-electron chi connectivity index (χ3n) is 2.54. The van der Waals surface area contributed by atoms with E-state index in [-0.39, 0.29) is 0 Å². The van der Waals surface area contributed by atoms with Gasteiger partial charge >= 0.3 is 0 Å². The van der Waals surface area contributed by atoms with Gasteiger partial charge in [0.05, 0.1) is 0 Å². The molecule has 1 rings (SSSR count). The van der Waals surface area contributed by atoms with E-state index in [9.17, 15) is 0 Å². The molecule has 0 radical (unpaired) electrons. The smallest absolute Gasteiger partial charge is 0.00242 e. The Kier molecular flexibility index (Phi) is 5.87. The fourth-order valence-corrected chi connectivity index (χ4v) is 1.50. The molecule has 72 valence electrons. The predicted molar refractivity (Wildman–Crippen MR) is 55.8 cm³/mol. The Balaban J connectivity index is 0.000000261. The Hall–Kier alpha value is -0.460. The lowest BCUT2D eigenvalue weighted by Crippen LogP contribution is -2.12. The molecule has 12 heavy (non-hydrogen) atoms. The van der Waals surface area contributed by atoms with Crippen molar-refractivity contribution in [3.05, 3.63) is 12.3 Å². The average molecular weight is 169 g/mol. The van der Waals surface area contributed by atoms with Gasteiger partial charge in [0.2, 0.25) is 0 Å². The normalized spacial score (nSPS) is 28.6. The fraction of sp³-hybridized carbons (Fsp3) is 0.818. The first-order valence-electron chi connectivity index (χ1n) is 4.95. The molecule has 0 amide bonds. The van der Waals surface area contributed by atoms with Crippen molar-refractivity contribution in [2.24, 2.45) is 17.6 Å². The summed E-state index contributed by atoms with van der Waals surface area (Å²) in [7, 11) is 0. The zero-order valence-corrected chi connectivity index (χ0v) is 8.77. The van der Waals surface area contributed by atoms with Gasteiger partial charge in [0.1, 0.15) is 0 Å². The summed E-state index contributed by atoms with van der Waals surface area (Å²) in [5, 5.41) is 0. The van der Waals surface area contributed by atoms with E-state index >= 15 is 0 Å². The highest BCUT2D eigenvalue weighted by Gasteiger charge is 2.15. The molecule has 0 bridgehead atoms. The van der Waals surface area contributed by atoms with E-state index in [4.69, 9.17) is 5.73 Å². The number of hydrogen-bond acceptors (Lipinski definition) is 1. The molecule has 0 aromatic carbocycles. The maximum Gasteiger partial charge on any atom is -0.00242 e. The molecule has 2 N–H and O–H groups in total. The summed E-state index contributed by atoms with van der Waals surface area (Å²) in [5.74, 6) is 2.01. The lowest BCUT2D eigenvalue weighted by Gasteiger charge is -2.24. The zero-order valence-electron chi connectivity index (χ0n) is 8.77. The minimum absolute atomic E-state index is 0.667. The Morgan fingerprint density at radius 1 is 1.17 bits per heavy atom. The third-order valence-corrected chi connectivity index (χ3v) is 2.54. The highest BCUT2D eigenvalue weighted by Crippen LogP contribution is 2.28. The fourth-order valence-electron chi connectivity index (χ4n) is 1.50. The third kappa shape index (κ3) is 6.26. The van der Waals surface area contributed by atoms with Gasteiger partial charge in [0.15, 0.2) is 0 Å². The Bertz CT molecular complexity index is 115. The molecular formula is C11H23N. The van der Waals surface area contributed by atoms with Crippen molar-refractivity contribution in [3.8, 4) is 0 Å². The Labute approximate surface area is 77.0 Å². The summed E-state index contributed by atoms with van der Waals surface area (Å²) in [6, 6.07) is 0. The van der Waals surface area contributed by atoms with Crippen molar-refractivity contribution in [1.82, 2.24) is 0 Å². The van der Waals surface area contributed by atoms with Gasteiger partial charge in [-0.25, -0.2) is 0 Å². The molecule has 1 saturated carbocycles. The molecule has 0 aliphatic heterocycles. The van der Waals surface area contributed by atoms with Crippen molar-refractivity contribution in [2.75, 3.05) is 0 Å². The standard InChI is InChI=1S/C8H16.C3H7N/c1-7-5-3-4-6-8(7)2;1-3(2)4/h7-8H,3-6H2,1-2H3;1,4H2,2H3. The molecule has 2 unspecified atom stereocenters. The van der Waals surface area contributed by atoms with Crippen molar-refractivity contribution >= 4 is 0 Å². The molecule has 0 spiro atoms. The average Bonchev–Trinajstić information content (AvgIpc) is 1.94. The number of rotatable bonds is 0. The summed E-state index contributed by atoms with van der Waals surface area (Å²) in [6.07, 6.45) is 5.90. The monoisotopic (exact) mass is 169 g/mol. The SMILES string of the molecule is C=C(C)N.CC1CCCCC1C. The van der Waals surface area contributed by atoms with Gasteiger partial charge in [0, 0.05) is 0 Å². The van der Waals surface area contributed by atoms with Crippen LogP contribution in [0.4, 0.5) is 0 Å². The second-order valence-corrected chi connectivity index (χ2v) is 4.09. The highest BCUT2D eigenvalue weighted by molar-refractivity contribution is 4.76. The van der Waals surface area contributed by atoms with Crippen LogP contribution in [0.2, 0.25) is 0 Å². The van der Waals surface area contributed by atoms with Crippen molar-refractivity contribution in [1.29, 1.82) is 0 Å². The van der Waals surface area contributed by atoms with Crippen LogP contribution >= 0.6 is 0 Å². The lowest BCUT2D eigenvalue weighted by molar-refractivity contribution is 0.277.